The van der Waals surface area contributed by atoms with Crippen LogP contribution in [0.15, 0.2) is 24.4 Å². The van der Waals surface area contributed by atoms with E-state index in [0.717, 1.165) is 5.06 Å². The van der Waals surface area contributed by atoms with E-state index in [1.165, 1.54) is 20.4 Å². The summed E-state index contributed by atoms with van der Waals surface area (Å²) in [5, 5.41) is 3.82. The van der Waals surface area contributed by atoms with Crippen molar-refractivity contribution in [2.24, 2.45) is 5.92 Å². The summed E-state index contributed by atoms with van der Waals surface area (Å²) in [6, 6.07) is 4.43. The first kappa shape index (κ1) is 16.1. The molecule has 6 heteroatoms. The first-order valence-corrected chi connectivity index (χ1v) is 6.49. The van der Waals surface area contributed by atoms with Gasteiger partial charge in [0, 0.05) is 13.2 Å². The molecule has 1 aromatic rings. The molecule has 1 atom stereocenters. The Kier molecular flexibility index (Phi) is 6.11. The second-order valence-corrected chi connectivity index (χ2v) is 4.89. The van der Waals surface area contributed by atoms with E-state index in [0.29, 0.717) is 6.42 Å². The molecule has 1 heterocycles. The quantitative estimate of drug-likeness (QED) is 0.795. The maximum absolute atomic E-state index is 12.1. The molecule has 1 unspecified atom stereocenters. The van der Waals surface area contributed by atoms with Crippen molar-refractivity contribution in [3.05, 3.63) is 30.1 Å². The van der Waals surface area contributed by atoms with Crippen LogP contribution in [0.3, 0.4) is 0 Å². The summed E-state index contributed by atoms with van der Waals surface area (Å²) in [6.45, 7) is 3.97. The van der Waals surface area contributed by atoms with Crippen molar-refractivity contribution < 1.29 is 14.4 Å². The minimum Gasteiger partial charge on any atom is -0.339 e. The van der Waals surface area contributed by atoms with Crippen LogP contribution in [0.2, 0.25) is 0 Å². The SMILES string of the molecule is CON(C)C(=O)C(CC(C)C)NC(=O)c1ccccn1. The van der Waals surface area contributed by atoms with Gasteiger partial charge in [0.15, 0.2) is 0 Å². The molecule has 20 heavy (non-hydrogen) atoms. The normalized spacial score (nSPS) is 12.1. The molecule has 1 rings (SSSR count). The molecule has 0 saturated heterocycles. The lowest BCUT2D eigenvalue weighted by atomic mass is 10.0. The number of nitrogens with one attached hydrogen (secondary N) is 1. The third-order valence-corrected chi connectivity index (χ3v) is 2.79. The first-order chi connectivity index (χ1) is 9.45. The molecule has 0 aliphatic heterocycles. The monoisotopic (exact) mass is 279 g/mol. The van der Waals surface area contributed by atoms with Crippen LogP contribution < -0.4 is 5.32 Å². The van der Waals surface area contributed by atoms with Crippen molar-refractivity contribution >= 4 is 11.8 Å². The Bertz CT molecular complexity index is 448. The largest absolute Gasteiger partial charge is 0.339 e. The Hall–Kier alpha value is -1.95. The standard InChI is InChI=1S/C14H21N3O3/c1-10(2)9-12(14(19)17(3)20-4)16-13(18)11-7-5-6-8-15-11/h5-8,10,12H,9H2,1-4H3,(H,16,18). The summed E-state index contributed by atoms with van der Waals surface area (Å²) >= 11 is 0. The number of carbonyl (C=O) groups is 2. The van der Waals surface area contributed by atoms with E-state index >= 15 is 0 Å². The van der Waals surface area contributed by atoms with E-state index < -0.39 is 6.04 Å². The highest BCUT2D eigenvalue weighted by molar-refractivity contribution is 5.95. The molecule has 2 amide bonds. The molecule has 0 bridgehead atoms. The third kappa shape index (κ3) is 4.62. The molecule has 0 saturated carbocycles. The van der Waals surface area contributed by atoms with Gasteiger partial charge in [-0.15, -0.1) is 0 Å². The number of nitrogens with zero attached hydrogens (tertiary/aromatic N) is 2. The van der Waals surface area contributed by atoms with Gasteiger partial charge in [0.1, 0.15) is 11.7 Å². The second kappa shape index (κ2) is 7.59. The van der Waals surface area contributed by atoms with Crippen LogP contribution in [0, 0.1) is 5.92 Å². The van der Waals surface area contributed by atoms with Crippen LogP contribution in [-0.2, 0) is 9.63 Å². The van der Waals surface area contributed by atoms with Crippen LogP contribution >= 0.6 is 0 Å². The van der Waals surface area contributed by atoms with E-state index in [2.05, 4.69) is 10.3 Å². The number of carbonyl (C=O) groups excluding carboxylic acids is 2. The summed E-state index contributed by atoms with van der Waals surface area (Å²) < 4.78 is 0. The zero-order chi connectivity index (χ0) is 15.1. The zero-order valence-electron chi connectivity index (χ0n) is 12.3. The van der Waals surface area contributed by atoms with Crippen molar-refractivity contribution in [2.45, 2.75) is 26.3 Å². The molecular weight excluding hydrogens is 258 g/mol. The lowest BCUT2D eigenvalue weighted by Crippen LogP contribution is -2.47. The molecule has 0 aliphatic rings. The highest BCUT2D eigenvalue weighted by Crippen LogP contribution is 2.08. The van der Waals surface area contributed by atoms with Gasteiger partial charge in [-0.3, -0.25) is 19.4 Å². The Morgan fingerprint density at radius 1 is 1.40 bits per heavy atom. The Balaban J connectivity index is 2.79. The zero-order valence-corrected chi connectivity index (χ0v) is 12.3. The Morgan fingerprint density at radius 2 is 2.10 bits per heavy atom. The number of pyridine rings is 1. The van der Waals surface area contributed by atoms with Crippen LogP contribution in [0.25, 0.3) is 0 Å². The van der Waals surface area contributed by atoms with E-state index in [-0.39, 0.29) is 23.4 Å². The summed E-state index contributed by atoms with van der Waals surface area (Å²) in [4.78, 5) is 33.1. The van der Waals surface area contributed by atoms with Crippen LogP contribution in [0.5, 0.6) is 0 Å². The number of hydroxylamine groups is 2. The molecule has 1 aromatic heterocycles. The van der Waals surface area contributed by atoms with Gasteiger partial charge in [-0.2, -0.15) is 0 Å². The molecule has 0 aromatic carbocycles. The highest BCUT2D eigenvalue weighted by atomic mass is 16.7. The van der Waals surface area contributed by atoms with Crippen LogP contribution in [-0.4, -0.2) is 42.1 Å². The fourth-order valence-electron chi connectivity index (χ4n) is 1.73. The summed E-state index contributed by atoms with van der Waals surface area (Å²) in [5.41, 5.74) is 0.286. The Morgan fingerprint density at radius 3 is 2.60 bits per heavy atom. The molecule has 6 nitrogen and oxygen atoms in total. The van der Waals surface area contributed by atoms with Gasteiger partial charge in [0.05, 0.1) is 7.11 Å². The topological polar surface area (TPSA) is 71.5 Å². The van der Waals surface area contributed by atoms with Crippen molar-refractivity contribution in [3.63, 3.8) is 0 Å². The summed E-state index contributed by atoms with van der Waals surface area (Å²) in [7, 11) is 2.92. The maximum atomic E-state index is 12.1. The van der Waals surface area contributed by atoms with Crippen molar-refractivity contribution in [1.82, 2.24) is 15.4 Å². The van der Waals surface area contributed by atoms with Gasteiger partial charge >= 0.3 is 0 Å². The van der Waals surface area contributed by atoms with Gasteiger partial charge in [0.2, 0.25) is 0 Å². The van der Waals surface area contributed by atoms with E-state index in [1.807, 2.05) is 13.8 Å². The third-order valence-electron chi connectivity index (χ3n) is 2.79. The van der Waals surface area contributed by atoms with E-state index in [4.69, 9.17) is 4.84 Å². The predicted octanol–water partition coefficient (Wildman–Crippen LogP) is 1.25. The number of rotatable bonds is 6. The van der Waals surface area contributed by atoms with Gasteiger partial charge in [-0.1, -0.05) is 19.9 Å². The smallest absolute Gasteiger partial charge is 0.270 e. The minimum atomic E-state index is -0.630. The van der Waals surface area contributed by atoms with Gasteiger partial charge < -0.3 is 5.32 Å². The predicted molar refractivity (Wildman–Crippen MR) is 74.7 cm³/mol. The molecular formula is C14H21N3O3. The highest BCUT2D eigenvalue weighted by Gasteiger charge is 2.25. The average Bonchev–Trinajstić information content (AvgIpc) is 2.45. The molecule has 0 fully saturated rings. The number of hydrogen-bond donors (Lipinski definition) is 1. The van der Waals surface area contributed by atoms with E-state index in [1.54, 1.807) is 18.2 Å². The molecule has 110 valence electrons. The fraction of sp³-hybridized carbons (Fsp3) is 0.500. The molecule has 1 N–H and O–H groups in total. The fourth-order valence-corrected chi connectivity index (χ4v) is 1.73. The second-order valence-electron chi connectivity index (χ2n) is 4.89. The maximum Gasteiger partial charge on any atom is 0.270 e. The summed E-state index contributed by atoms with van der Waals surface area (Å²) in [5.74, 6) is -0.391. The number of amides is 2. The molecule has 0 spiro atoms. The van der Waals surface area contributed by atoms with Gasteiger partial charge in [-0.05, 0) is 24.5 Å². The van der Waals surface area contributed by atoms with Crippen molar-refractivity contribution in [1.29, 1.82) is 0 Å². The Labute approximate surface area is 119 Å². The lowest BCUT2D eigenvalue weighted by molar-refractivity contribution is -0.171. The molecule has 0 aliphatic carbocycles. The van der Waals surface area contributed by atoms with E-state index in [9.17, 15) is 9.59 Å². The first-order valence-electron chi connectivity index (χ1n) is 6.49. The number of hydrogen-bond acceptors (Lipinski definition) is 4. The van der Waals surface area contributed by atoms with Gasteiger partial charge in [0.25, 0.3) is 11.8 Å². The average molecular weight is 279 g/mol. The van der Waals surface area contributed by atoms with Gasteiger partial charge in [-0.25, -0.2) is 5.06 Å². The minimum absolute atomic E-state index is 0.262. The summed E-state index contributed by atoms with van der Waals surface area (Å²) in [6.07, 6.45) is 2.07. The number of likely N-dealkylation sites (N-methyl/N-ethyl adjacent to an activating group) is 1. The van der Waals surface area contributed by atoms with Crippen molar-refractivity contribution in [3.8, 4) is 0 Å². The van der Waals surface area contributed by atoms with Crippen LogP contribution in [0.4, 0.5) is 0 Å². The van der Waals surface area contributed by atoms with Crippen molar-refractivity contribution in [2.75, 3.05) is 14.2 Å². The number of aromatic nitrogens is 1. The molecule has 0 radical (unpaired) electrons. The lowest BCUT2D eigenvalue weighted by Gasteiger charge is -2.23. The van der Waals surface area contributed by atoms with Crippen LogP contribution in [0.1, 0.15) is 30.8 Å².